The van der Waals surface area contributed by atoms with Crippen LogP contribution in [0, 0.1) is 0 Å². The van der Waals surface area contributed by atoms with Crippen molar-refractivity contribution in [1.29, 1.82) is 0 Å². The van der Waals surface area contributed by atoms with Crippen molar-refractivity contribution in [2.24, 2.45) is 0 Å². The van der Waals surface area contributed by atoms with Crippen LogP contribution in [0.2, 0.25) is 5.15 Å². The van der Waals surface area contributed by atoms with Crippen molar-refractivity contribution < 1.29 is 9.59 Å². The average Bonchev–Trinajstić information content (AvgIpc) is 2.54. The first-order chi connectivity index (χ1) is 10.9. The number of fused-ring (bicyclic) bond motifs is 3. The Balaban J connectivity index is 1.93. The van der Waals surface area contributed by atoms with E-state index in [1.807, 2.05) is 17.9 Å². The first-order valence-corrected chi connectivity index (χ1v) is 8.79. The third-order valence-corrected chi connectivity index (χ3v) is 5.46. The molecule has 23 heavy (non-hydrogen) atoms. The molecule has 8 heteroatoms. The molecular weight excluding hydrogens is 384 g/mol. The average molecular weight is 402 g/mol. The van der Waals surface area contributed by atoms with Gasteiger partial charge in [-0.15, -0.1) is 0 Å². The summed E-state index contributed by atoms with van der Waals surface area (Å²) in [5.41, 5.74) is 0.732. The van der Waals surface area contributed by atoms with Crippen LogP contribution in [0.1, 0.15) is 19.8 Å². The monoisotopic (exact) mass is 400 g/mol. The molecule has 2 aliphatic heterocycles. The number of rotatable bonds is 2. The lowest BCUT2D eigenvalue weighted by molar-refractivity contribution is -0.133. The lowest BCUT2D eigenvalue weighted by Crippen LogP contribution is -2.63. The van der Waals surface area contributed by atoms with Gasteiger partial charge in [-0.05, 0) is 28.4 Å². The van der Waals surface area contributed by atoms with Gasteiger partial charge in [-0.3, -0.25) is 9.59 Å². The van der Waals surface area contributed by atoms with E-state index in [0.717, 1.165) is 12.1 Å². The molecule has 1 fully saturated rings. The SMILES string of the molecule is CCCC(=O)N1CCN2c3nc(Cl)c(Br)cc3N(C)C(=O)C2C1. The molecule has 0 spiro atoms. The van der Waals surface area contributed by atoms with Crippen LogP contribution in [0.3, 0.4) is 0 Å². The lowest BCUT2D eigenvalue weighted by atomic mass is 10.1. The molecule has 0 aromatic carbocycles. The number of likely N-dealkylation sites (N-methyl/N-ethyl adjacent to an activating group) is 1. The largest absolute Gasteiger partial charge is 0.339 e. The standard InChI is InChI=1S/C15H18BrClN4O2/c1-3-4-12(22)20-5-6-21-11(8-20)15(23)19(2)10-7-9(16)13(17)18-14(10)21/h7,11H,3-6,8H2,1-2H3. The third kappa shape index (κ3) is 2.80. The Labute approximate surface area is 148 Å². The minimum Gasteiger partial charge on any atom is -0.339 e. The van der Waals surface area contributed by atoms with Crippen molar-refractivity contribution >= 4 is 50.9 Å². The maximum Gasteiger partial charge on any atom is 0.251 e. The molecule has 3 heterocycles. The van der Waals surface area contributed by atoms with Gasteiger partial charge in [0.15, 0.2) is 5.82 Å². The van der Waals surface area contributed by atoms with Gasteiger partial charge in [0.2, 0.25) is 5.91 Å². The zero-order chi connectivity index (χ0) is 16.7. The number of piperazine rings is 1. The molecule has 2 aliphatic rings. The first kappa shape index (κ1) is 16.5. The minimum atomic E-state index is -0.396. The number of pyridine rings is 1. The van der Waals surface area contributed by atoms with Gasteiger partial charge in [-0.25, -0.2) is 4.98 Å². The minimum absolute atomic E-state index is 0.0254. The fourth-order valence-electron chi connectivity index (χ4n) is 3.09. The van der Waals surface area contributed by atoms with Crippen molar-refractivity contribution in [2.75, 3.05) is 36.5 Å². The van der Waals surface area contributed by atoms with E-state index in [0.29, 0.717) is 41.5 Å². The van der Waals surface area contributed by atoms with E-state index < -0.39 is 6.04 Å². The number of anilines is 2. The van der Waals surface area contributed by atoms with Crippen LogP contribution in [-0.4, -0.2) is 54.4 Å². The highest BCUT2D eigenvalue weighted by molar-refractivity contribution is 9.10. The molecule has 1 atom stereocenters. The van der Waals surface area contributed by atoms with Gasteiger partial charge in [0.05, 0.1) is 16.7 Å². The Morgan fingerprint density at radius 1 is 1.48 bits per heavy atom. The van der Waals surface area contributed by atoms with Crippen LogP contribution in [0.15, 0.2) is 10.5 Å². The molecule has 1 unspecified atom stereocenters. The van der Waals surface area contributed by atoms with Gasteiger partial charge in [0.25, 0.3) is 5.91 Å². The van der Waals surface area contributed by atoms with Crippen molar-refractivity contribution in [2.45, 2.75) is 25.8 Å². The number of hydrogen-bond donors (Lipinski definition) is 0. The summed E-state index contributed by atoms with van der Waals surface area (Å²) in [7, 11) is 1.73. The Bertz CT molecular complexity index is 669. The van der Waals surface area contributed by atoms with E-state index in [4.69, 9.17) is 11.6 Å². The summed E-state index contributed by atoms with van der Waals surface area (Å²) in [6.45, 7) is 3.56. The molecule has 0 bridgehead atoms. The zero-order valence-electron chi connectivity index (χ0n) is 13.1. The van der Waals surface area contributed by atoms with Crippen LogP contribution in [-0.2, 0) is 9.59 Å². The molecule has 6 nitrogen and oxygen atoms in total. The highest BCUT2D eigenvalue weighted by Crippen LogP contribution is 2.39. The Hall–Kier alpha value is -1.34. The van der Waals surface area contributed by atoms with Gasteiger partial charge in [0.1, 0.15) is 11.2 Å². The Morgan fingerprint density at radius 3 is 2.91 bits per heavy atom. The third-order valence-electron chi connectivity index (χ3n) is 4.34. The van der Waals surface area contributed by atoms with E-state index in [1.165, 1.54) is 0 Å². The van der Waals surface area contributed by atoms with Crippen LogP contribution >= 0.6 is 27.5 Å². The van der Waals surface area contributed by atoms with E-state index in [9.17, 15) is 9.59 Å². The van der Waals surface area contributed by atoms with Crippen LogP contribution in [0.5, 0.6) is 0 Å². The Kier molecular flexibility index (Phi) is 4.51. The molecule has 1 aromatic rings. The fraction of sp³-hybridized carbons (Fsp3) is 0.533. The van der Waals surface area contributed by atoms with Gasteiger partial charge in [0, 0.05) is 26.6 Å². The zero-order valence-corrected chi connectivity index (χ0v) is 15.4. The summed E-state index contributed by atoms with van der Waals surface area (Å²) in [4.78, 5) is 34.6. The smallest absolute Gasteiger partial charge is 0.251 e. The molecule has 0 aliphatic carbocycles. The summed E-state index contributed by atoms with van der Waals surface area (Å²) < 4.78 is 0.660. The van der Waals surface area contributed by atoms with Crippen LogP contribution < -0.4 is 9.80 Å². The maximum absolute atomic E-state index is 12.7. The first-order valence-electron chi connectivity index (χ1n) is 7.62. The second kappa shape index (κ2) is 6.28. The van der Waals surface area contributed by atoms with Gasteiger partial charge in [-0.2, -0.15) is 0 Å². The summed E-state index contributed by atoms with van der Waals surface area (Å²) in [6.07, 6.45) is 1.33. The quantitative estimate of drug-likeness (QED) is 0.714. The fourth-order valence-corrected chi connectivity index (χ4v) is 3.53. The van der Waals surface area contributed by atoms with Crippen LogP contribution in [0.25, 0.3) is 0 Å². The van der Waals surface area contributed by atoms with Gasteiger partial charge < -0.3 is 14.7 Å². The second-order valence-electron chi connectivity index (χ2n) is 5.80. The molecular formula is C15H18BrClN4O2. The number of carbonyl (C=O) groups is 2. The molecule has 1 saturated heterocycles. The summed E-state index contributed by atoms with van der Waals surface area (Å²) in [5.74, 6) is 0.783. The maximum atomic E-state index is 12.7. The highest BCUT2D eigenvalue weighted by atomic mass is 79.9. The number of aromatic nitrogens is 1. The predicted octanol–water partition coefficient (Wildman–Crippen LogP) is 2.29. The predicted molar refractivity (Wildman–Crippen MR) is 93.0 cm³/mol. The van der Waals surface area contributed by atoms with Gasteiger partial charge in [-0.1, -0.05) is 18.5 Å². The number of amides is 2. The molecule has 0 radical (unpaired) electrons. The summed E-state index contributed by atoms with van der Waals surface area (Å²) >= 11 is 9.48. The lowest BCUT2D eigenvalue weighted by Gasteiger charge is -2.46. The molecule has 1 aromatic heterocycles. The van der Waals surface area contributed by atoms with Crippen molar-refractivity contribution in [3.63, 3.8) is 0 Å². The van der Waals surface area contributed by atoms with Crippen molar-refractivity contribution in [3.05, 3.63) is 15.7 Å². The molecule has 0 saturated carbocycles. The van der Waals surface area contributed by atoms with Crippen LogP contribution in [0.4, 0.5) is 11.5 Å². The number of carbonyl (C=O) groups excluding carboxylic acids is 2. The van der Waals surface area contributed by atoms with Crippen molar-refractivity contribution in [3.8, 4) is 0 Å². The van der Waals surface area contributed by atoms with E-state index in [-0.39, 0.29) is 11.8 Å². The molecule has 2 amide bonds. The normalized spacial score (nSPS) is 20.4. The van der Waals surface area contributed by atoms with E-state index in [1.54, 1.807) is 16.8 Å². The number of hydrogen-bond acceptors (Lipinski definition) is 4. The summed E-state index contributed by atoms with van der Waals surface area (Å²) in [5, 5.41) is 0.370. The summed E-state index contributed by atoms with van der Waals surface area (Å²) in [6, 6.07) is 1.42. The molecule has 3 rings (SSSR count). The topological polar surface area (TPSA) is 56.8 Å². The van der Waals surface area contributed by atoms with Crippen molar-refractivity contribution in [1.82, 2.24) is 9.88 Å². The number of halogens is 2. The Morgan fingerprint density at radius 2 is 2.22 bits per heavy atom. The second-order valence-corrected chi connectivity index (χ2v) is 7.01. The number of nitrogens with zero attached hydrogens (tertiary/aromatic N) is 4. The van der Waals surface area contributed by atoms with Gasteiger partial charge >= 0.3 is 0 Å². The highest BCUT2D eigenvalue weighted by Gasteiger charge is 2.42. The van der Waals surface area contributed by atoms with E-state index in [2.05, 4.69) is 20.9 Å². The molecule has 0 N–H and O–H groups in total. The van der Waals surface area contributed by atoms with E-state index >= 15 is 0 Å². The molecule has 124 valence electrons.